The Bertz CT molecular complexity index is 857. The summed E-state index contributed by atoms with van der Waals surface area (Å²) in [6, 6.07) is 14.1. The van der Waals surface area contributed by atoms with Gasteiger partial charge in [0.05, 0.1) is 13.2 Å². The van der Waals surface area contributed by atoms with E-state index in [4.69, 9.17) is 18.9 Å². The van der Waals surface area contributed by atoms with Crippen molar-refractivity contribution in [1.29, 1.82) is 0 Å². The van der Waals surface area contributed by atoms with E-state index in [1.807, 2.05) is 23.1 Å². The summed E-state index contributed by atoms with van der Waals surface area (Å²) >= 11 is 1.80. The first-order chi connectivity index (χ1) is 14.7. The van der Waals surface area contributed by atoms with E-state index >= 15 is 0 Å². The molecule has 1 unspecified atom stereocenters. The topological polar surface area (TPSA) is 57.2 Å². The number of hydrogen-bond acceptors (Lipinski definition) is 6. The number of thioether (sulfide) groups is 1. The van der Waals surface area contributed by atoms with Gasteiger partial charge in [0.2, 0.25) is 12.7 Å². The van der Waals surface area contributed by atoms with Crippen molar-refractivity contribution in [2.24, 2.45) is 0 Å². The SMILES string of the molecule is Cc1ccc(CSCCC(=O)N2CCOC(COc3ccc4c(c3)OCO4)C2)cc1. The van der Waals surface area contributed by atoms with Gasteiger partial charge >= 0.3 is 0 Å². The minimum Gasteiger partial charge on any atom is -0.491 e. The van der Waals surface area contributed by atoms with Gasteiger partial charge in [-0.25, -0.2) is 0 Å². The molecule has 1 saturated heterocycles. The smallest absolute Gasteiger partial charge is 0.231 e. The Morgan fingerprint density at radius 3 is 2.87 bits per heavy atom. The highest BCUT2D eigenvalue weighted by Crippen LogP contribution is 2.35. The van der Waals surface area contributed by atoms with Gasteiger partial charge in [-0.2, -0.15) is 11.8 Å². The molecule has 4 rings (SSSR count). The van der Waals surface area contributed by atoms with Crippen molar-refractivity contribution in [2.75, 3.05) is 38.8 Å². The predicted octanol–water partition coefficient (Wildman–Crippen LogP) is 3.65. The molecule has 2 aliphatic rings. The van der Waals surface area contributed by atoms with Crippen LogP contribution in [-0.2, 0) is 15.3 Å². The third-order valence-electron chi connectivity index (χ3n) is 5.12. The first-order valence-corrected chi connectivity index (χ1v) is 11.4. The molecule has 6 nitrogen and oxygen atoms in total. The molecule has 2 heterocycles. The van der Waals surface area contributed by atoms with Crippen molar-refractivity contribution in [3.63, 3.8) is 0 Å². The van der Waals surface area contributed by atoms with Crippen LogP contribution in [0.2, 0.25) is 0 Å². The molecule has 0 saturated carbocycles. The Balaban J connectivity index is 1.17. The quantitative estimate of drug-likeness (QED) is 0.597. The molecule has 0 aliphatic carbocycles. The molecule has 0 N–H and O–H groups in total. The Morgan fingerprint density at radius 2 is 2.00 bits per heavy atom. The molecule has 1 amide bonds. The number of hydrogen-bond donors (Lipinski definition) is 0. The summed E-state index contributed by atoms with van der Waals surface area (Å²) in [6.45, 7) is 4.47. The predicted molar refractivity (Wildman–Crippen MR) is 116 cm³/mol. The van der Waals surface area contributed by atoms with E-state index in [1.54, 1.807) is 11.8 Å². The van der Waals surface area contributed by atoms with E-state index in [0.29, 0.717) is 44.2 Å². The van der Waals surface area contributed by atoms with Gasteiger partial charge in [0.1, 0.15) is 18.5 Å². The van der Waals surface area contributed by atoms with Gasteiger partial charge in [0.25, 0.3) is 0 Å². The molecule has 0 aromatic heterocycles. The third kappa shape index (κ3) is 5.61. The van der Waals surface area contributed by atoms with Gasteiger partial charge in [-0.1, -0.05) is 29.8 Å². The number of carbonyl (C=O) groups is 1. The number of amides is 1. The lowest BCUT2D eigenvalue weighted by atomic mass is 10.2. The molecule has 160 valence electrons. The van der Waals surface area contributed by atoms with E-state index in [2.05, 4.69) is 31.2 Å². The van der Waals surface area contributed by atoms with E-state index in [0.717, 1.165) is 17.3 Å². The van der Waals surface area contributed by atoms with E-state index in [1.165, 1.54) is 11.1 Å². The summed E-state index contributed by atoms with van der Waals surface area (Å²) < 4.78 is 22.3. The van der Waals surface area contributed by atoms with Crippen LogP contribution < -0.4 is 14.2 Å². The van der Waals surface area contributed by atoms with Gasteiger partial charge in [-0.05, 0) is 24.6 Å². The highest BCUT2D eigenvalue weighted by atomic mass is 32.2. The fraction of sp³-hybridized carbons (Fsp3) is 0.435. The van der Waals surface area contributed by atoms with Gasteiger partial charge in [0.15, 0.2) is 11.5 Å². The van der Waals surface area contributed by atoms with Gasteiger partial charge in [-0.15, -0.1) is 0 Å². The average Bonchev–Trinajstić information content (AvgIpc) is 3.24. The van der Waals surface area contributed by atoms with Crippen LogP contribution in [-0.4, -0.2) is 55.8 Å². The van der Waals surface area contributed by atoms with E-state index in [9.17, 15) is 4.79 Å². The van der Waals surface area contributed by atoms with Crippen LogP contribution in [0.25, 0.3) is 0 Å². The zero-order chi connectivity index (χ0) is 20.8. The molecule has 30 heavy (non-hydrogen) atoms. The summed E-state index contributed by atoms with van der Waals surface area (Å²) in [5.74, 6) is 4.07. The normalized spacial score (nSPS) is 17.8. The van der Waals surface area contributed by atoms with Crippen LogP contribution in [0.1, 0.15) is 17.5 Å². The van der Waals surface area contributed by atoms with Crippen LogP contribution in [0.4, 0.5) is 0 Å². The van der Waals surface area contributed by atoms with Crippen molar-refractivity contribution in [1.82, 2.24) is 4.90 Å². The Labute approximate surface area is 181 Å². The first kappa shape index (κ1) is 20.9. The van der Waals surface area contributed by atoms with Gasteiger partial charge in [-0.3, -0.25) is 4.79 Å². The summed E-state index contributed by atoms with van der Waals surface area (Å²) in [6.07, 6.45) is 0.417. The summed E-state index contributed by atoms with van der Waals surface area (Å²) in [4.78, 5) is 14.5. The third-order valence-corrected chi connectivity index (χ3v) is 6.15. The van der Waals surface area contributed by atoms with E-state index < -0.39 is 0 Å². The lowest BCUT2D eigenvalue weighted by Gasteiger charge is -2.33. The molecule has 1 fully saturated rings. The molecular formula is C23H27NO5S. The highest BCUT2D eigenvalue weighted by molar-refractivity contribution is 7.98. The Kier molecular flexibility index (Phi) is 7.02. The standard InChI is InChI=1S/C23H27NO5S/c1-17-2-4-18(5-3-17)15-30-11-8-23(25)24-9-10-26-20(13-24)14-27-19-6-7-21-22(12-19)29-16-28-21/h2-7,12,20H,8-11,13-16H2,1H3. The maximum atomic E-state index is 12.6. The van der Waals surface area contributed by atoms with Crippen LogP contribution in [0.3, 0.4) is 0 Å². The second-order valence-corrected chi connectivity index (χ2v) is 8.55. The second-order valence-electron chi connectivity index (χ2n) is 7.45. The summed E-state index contributed by atoms with van der Waals surface area (Å²) in [5.41, 5.74) is 2.56. The van der Waals surface area contributed by atoms with E-state index in [-0.39, 0.29) is 18.8 Å². The largest absolute Gasteiger partial charge is 0.491 e. The Hall–Kier alpha value is -2.38. The van der Waals surface area contributed by atoms with Crippen molar-refractivity contribution < 1.29 is 23.7 Å². The number of aryl methyl sites for hydroxylation is 1. The molecule has 2 aliphatic heterocycles. The molecule has 2 aromatic rings. The fourth-order valence-electron chi connectivity index (χ4n) is 3.39. The molecule has 1 atom stereocenters. The van der Waals surface area contributed by atoms with Crippen LogP contribution in [0, 0.1) is 6.92 Å². The van der Waals surface area contributed by atoms with Crippen LogP contribution in [0.5, 0.6) is 17.2 Å². The Morgan fingerprint density at radius 1 is 1.17 bits per heavy atom. The van der Waals surface area contributed by atoms with Crippen molar-refractivity contribution in [3.05, 3.63) is 53.6 Å². The molecular weight excluding hydrogens is 402 g/mol. The van der Waals surface area contributed by atoms with Gasteiger partial charge in [0, 0.05) is 30.5 Å². The maximum absolute atomic E-state index is 12.6. The van der Waals surface area contributed by atoms with Crippen LogP contribution >= 0.6 is 11.8 Å². The molecule has 2 aromatic carbocycles. The number of benzene rings is 2. The number of carbonyl (C=O) groups excluding carboxylic acids is 1. The van der Waals surface area contributed by atoms with Crippen LogP contribution in [0.15, 0.2) is 42.5 Å². The summed E-state index contributed by atoms with van der Waals surface area (Å²) in [7, 11) is 0. The highest BCUT2D eigenvalue weighted by Gasteiger charge is 2.24. The number of morpholine rings is 1. The maximum Gasteiger partial charge on any atom is 0.231 e. The molecule has 7 heteroatoms. The fourth-order valence-corrected chi connectivity index (χ4v) is 4.29. The minimum absolute atomic E-state index is 0.131. The van der Waals surface area contributed by atoms with Crippen molar-refractivity contribution >= 4 is 17.7 Å². The zero-order valence-electron chi connectivity index (χ0n) is 17.2. The minimum atomic E-state index is -0.131. The second kappa shape index (κ2) is 10.1. The van der Waals surface area contributed by atoms with Crippen molar-refractivity contribution in [2.45, 2.75) is 25.2 Å². The number of fused-ring (bicyclic) bond motifs is 1. The average molecular weight is 430 g/mol. The zero-order valence-corrected chi connectivity index (χ0v) is 18.0. The lowest BCUT2D eigenvalue weighted by Crippen LogP contribution is -2.47. The van der Waals surface area contributed by atoms with Crippen molar-refractivity contribution in [3.8, 4) is 17.2 Å². The number of ether oxygens (including phenoxy) is 4. The number of rotatable bonds is 8. The molecule has 0 radical (unpaired) electrons. The lowest BCUT2D eigenvalue weighted by molar-refractivity contribution is -0.139. The van der Waals surface area contributed by atoms with Gasteiger partial charge < -0.3 is 23.8 Å². The number of nitrogens with zero attached hydrogens (tertiary/aromatic N) is 1. The molecule has 0 bridgehead atoms. The summed E-state index contributed by atoms with van der Waals surface area (Å²) in [5, 5.41) is 0. The molecule has 0 spiro atoms. The monoisotopic (exact) mass is 429 g/mol. The first-order valence-electron chi connectivity index (χ1n) is 10.2.